The molecule has 2 aromatic rings. The van der Waals surface area contributed by atoms with Gasteiger partial charge in [0.25, 0.3) is 5.91 Å². The molecule has 1 fully saturated rings. The lowest BCUT2D eigenvalue weighted by atomic mass is 10.2. The zero-order valence-electron chi connectivity index (χ0n) is 13.8. The topological polar surface area (TPSA) is 83.7 Å². The maximum absolute atomic E-state index is 12.4. The lowest BCUT2D eigenvalue weighted by Gasteiger charge is -2.32. The lowest BCUT2D eigenvalue weighted by Crippen LogP contribution is -2.50. The smallest absolute Gasteiger partial charge is 0.276 e. The van der Waals surface area contributed by atoms with E-state index in [9.17, 15) is 13.2 Å². The van der Waals surface area contributed by atoms with E-state index >= 15 is 0 Å². The summed E-state index contributed by atoms with van der Waals surface area (Å²) in [6.07, 6.45) is 1.57. The normalized spacial score (nSPS) is 16.4. The van der Waals surface area contributed by atoms with Crippen LogP contribution in [0.3, 0.4) is 0 Å². The fourth-order valence-corrected chi connectivity index (χ4v) is 3.76. The van der Waals surface area contributed by atoms with E-state index in [2.05, 4.69) is 5.16 Å². The van der Waals surface area contributed by atoms with Gasteiger partial charge in [0, 0.05) is 37.7 Å². The molecule has 3 rings (SSSR count). The molecule has 25 heavy (non-hydrogen) atoms. The van der Waals surface area contributed by atoms with Crippen LogP contribution in [0.5, 0.6) is 0 Å². The van der Waals surface area contributed by atoms with Gasteiger partial charge in [-0.3, -0.25) is 4.79 Å². The van der Waals surface area contributed by atoms with E-state index < -0.39 is 10.0 Å². The van der Waals surface area contributed by atoms with Crippen LogP contribution in [0.1, 0.15) is 21.8 Å². The first-order valence-electron chi connectivity index (χ1n) is 7.91. The van der Waals surface area contributed by atoms with Gasteiger partial charge in [0.1, 0.15) is 5.76 Å². The second-order valence-corrected chi connectivity index (χ2v) is 7.59. The van der Waals surface area contributed by atoms with Crippen molar-refractivity contribution in [3.63, 3.8) is 0 Å². The summed E-state index contributed by atoms with van der Waals surface area (Å²) in [4.78, 5) is 13.9. The Morgan fingerprint density at radius 3 is 2.44 bits per heavy atom. The van der Waals surface area contributed by atoms with Crippen LogP contribution in [-0.4, -0.2) is 54.9 Å². The lowest BCUT2D eigenvalue weighted by molar-refractivity contribution is 0.0688. The van der Waals surface area contributed by atoms with Gasteiger partial charge in [0.15, 0.2) is 5.69 Å². The van der Waals surface area contributed by atoms with Gasteiger partial charge in [0.2, 0.25) is 10.0 Å². The summed E-state index contributed by atoms with van der Waals surface area (Å²) in [6.45, 7) is 2.87. The van der Waals surface area contributed by atoms with Crippen molar-refractivity contribution in [1.82, 2.24) is 14.4 Å². The molecule has 0 atom stereocenters. The average molecular weight is 361 g/mol. The molecule has 2 heterocycles. The van der Waals surface area contributed by atoms with Gasteiger partial charge >= 0.3 is 0 Å². The molecule has 8 heteroatoms. The Balaban J connectivity index is 1.61. The van der Waals surface area contributed by atoms with Gasteiger partial charge in [-0.25, -0.2) is 8.42 Å². The Hall–Kier alpha value is -2.45. The number of sulfonamides is 1. The van der Waals surface area contributed by atoms with Gasteiger partial charge < -0.3 is 9.42 Å². The minimum atomic E-state index is -3.51. The molecule has 0 aliphatic carbocycles. The Morgan fingerprint density at radius 1 is 1.16 bits per heavy atom. The Morgan fingerprint density at radius 2 is 1.84 bits per heavy atom. The first kappa shape index (κ1) is 17.4. The summed E-state index contributed by atoms with van der Waals surface area (Å²) < 4.78 is 31.1. The van der Waals surface area contributed by atoms with E-state index in [1.807, 2.05) is 30.3 Å². The van der Waals surface area contributed by atoms with Crippen LogP contribution in [0.25, 0.3) is 6.08 Å². The summed E-state index contributed by atoms with van der Waals surface area (Å²) >= 11 is 0. The molecule has 0 bridgehead atoms. The van der Waals surface area contributed by atoms with Crippen LogP contribution >= 0.6 is 0 Å². The third-order valence-electron chi connectivity index (χ3n) is 3.96. The third-order valence-corrected chi connectivity index (χ3v) is 5.53. The first-order valence-corrected chi connectivity index (χ1v) is 9.42. The van der Waals surface area contributed by atoms with Crippen molar-refractivity contribution in [3.05, 3.63) is 58.8 Å². The molecule has 1 aromatic carbocycles. The maximum Gasteiger partial charge on any atom is 0.276 e. The second-order valence-electron chi connectivity index (χ2n) is 5.77. The Bertz CT molecular complexity index is 866. The molecule has 1 aliphatic rings. The fourth-order valence-electron chi connectivity index (χ4n) is 2.59. The molecule has 0 radical (unpaired) electrons. The summed E-state index contributed by atoms with van der Waals surface area (Å²) in [7, 11) is -3.51. The van der Waals surface area contributed by atoms with Crippen LogP contribution in [0.4, 0.5) is 0 Å². The molecule has 0 saturated carbocycles. The van der Waals surface area contributed by atoms with Gasteiger partial charge in [-0.05, 0) is 18.6 Å². The van der Waals surface area contributed by atoms with Crippen molar-refractivity contribution < 1.29 is 17.7 Å². The molecular formula is C17H19N3O4S. The van der Waals surface area contributed by atoms with Gasteiger partial charge in [-0.1, -0.05) is 35.5 Å². The minimum Gasteiger partial charge on any atom is -0.361 e. The number of hydrogen-bond acceptors (Lipinski definition) is 5. The van der Waals surface area contributed by atoms with E-state index in [1.165, 1.54) is 9.71 Å². The second kappa shape index (κ2) is 7.20. The molecule has 7 nitrogen and oxygen atoms in total. The molecule has 0 N–H and O–H groups in total. The minimum absolute atomic E-state index is 0.242. The number of carbonyl (C=O) groups excluding carboxylic acids is 1. The molecule has 132 valence electrons. The van der Waals surface area contributed by atoms with E-state index in [0.29, 0.717) is 18.8 Å². The number of benzene rings is 1. The van der Waals surface area contributed by atoms with E-state index in [4.69, 9.17) is 4.52 Å². The molecule has 0 unspecified atom stereocenters. The summed E-state index contributed by atoms with van der Waals surface area (Å²) in [5.74, 6) is 0.323. The number of rotatable bonds is 4. The summed E-state index contributed by atoms with van der Waals surface area (Å²) in [6, 6.07) is 10.8. The van der Waals surface area contributed by atoms with Crippen LogP contribution in [0, 0.1) is 6.92 Å². The molecule has 1 aliphatic heterocycles. The number of aromatic nitrogens is 1. The van der Waals surface area contributed by atoms with Crippen LogP contribution in [-0.2, 0) is 10.0 Å². The summed E-state index contributed by atoms with van der Waals surface area (Å²) in [5, 5.41) is 4.92. The number of piperazine rings is 1. The zero-order chi connectivity index (χ0) is 17.9. The highest BCUT2D eigenvalue weighted by Crippen LogP contribution is 2.14. The zero-order valence-corrected chi connectivity index (χ0v) is 14.6. The van der Waals surface area contributed by atoms with Crippen molar-refractivity contribution in [2.24, 2.45) is 0 Å². The SMILES string of the molecule is Cc1cc(C(=O)N2CCN(S(=O)(=O)C=Cc3ccccc3)CC2)no1. The predicted octanol–water partition coefficient (Wildman–Crippen LogP) is 1.74. The predicted molar refractivity (Wildman–Crippen MR) is 93.1 cm³/mol. The van der Waals surface area contributed by atoms with E-state index in [0.717, 1.165) is 5.56 Å². The van der Waals surface area contributed by atoms with Gasteiger partial charge in [0.05, 0.1) is 0 Å². The van der Waals surface area contributed by atoms with Crippen molar-refractivity contribution >= 4 is 22.0 Å². The number of aryl methyl sites for hydroxylation is 1. The number of hydrogen-bond donors (Lipinski definition) is 0. The molecule has 1 saturated heterocycles. The first-order chi connectivity index (χ1) is 12.0. The highest BCUT2D eigenvalue weighted by molar-refractivity contribution is 7.92. The van der Waals surface area contributed by atoms with Crippen LogP contribution < -0.4 is 0 Å². The summed E-state index contributed by atoms with van der Waals surface area (Å²) in [5.41, 5.74) is 1.07. The highest BCUT2D eigenvalue weighted by Gasteiger charge is 2.28. The average Bonchev–Trinajstić information content (AvgIpc) is 3.07. The monoisotopic (exact) mass is 361 g/mol. The molecule has 1 aromatic heterocycles. The van der Waals surface area contributed by atoms with Crippen molar-refractivity contribution in [2.75, 3.05) is 26.2 Å². The van der Waals surface area contributed by atoms with Crippen molar-refractivity contribution in [2.45, 2.75) is 6.92 Å². The van der Waals surface area contributed by atoms with E-state index in [1.54, 1.807) is 24.0 Å². The van der Waals surface area contributed by atoms with Gasteiger partial charge in [-0.15, -0.1) is 0 Å². The number of nitrogens with zero attached hydrogens (tertiary/aromatic N) is 3. The standard InChI is InChI=1S/C17H19N3O4S/c1-14-13-16(18-24-14)17(21)19-8-10-20(11-9-19)25(22,23)12-7-15-5-3-2-4-6-15/h2-7,12-13H,8-11H2,1H3. The quantitative estimate of drug-likeness (QED) is 0.828. The molecule has 0 spiro atoms. The molecule has 1 amide bonds. The maximum atomic E-state index is 12.4. The van der Waals surface area contributed by atoms with E-state index in [-0.39, 0.29) is 24.7 Å². The number of carbonyl (C=O) groups is 1. The third kappa shape index (κ3) is 4.15. The number of amides is 1. The Labute approximate surface area is 146 Å². The fraction of sp³-hybridized carbons (Fsp3) is 0.294. The Kier molecular flexibility index (Phi) is 5.00. The highest BCUT2D eigenvalue weighted by atomic mass is 32.2. The van der Waals surface area contributed by atoms with Crippen molar-refractivity contribution in [1.29, 1.82) is 0 Å². The van der Waals surface area contributed by atoms with Crippen molar-refractivity contribution in [3.8, 4) is 0 Å². The molecular weight excluding hydrogens is 342 g/mol. The van der Waals surface area contributed by atoms with Crippen LogP contribution in [0.2, 0.25) is 0 Å². The largest absolute Gasteiger partial charge is 0.361 e. The van der Waals surface area contributed by atoms with Crippen LogP contribution in [0.15, 0.2) is 46.3 Å². The van der Waals surface area contributed by atoms with Gasteiger partial charge in [-0.2, -0.15) is 4.31 Å².